The van der Waals surface area contributed by atoms with Crippen LogP contribution in [0.3, 0.4) is 0 Å². The third-order valence-electron chi connectivity index (χ3n) is 5.44. The zero-order valence-corrected chi connectivity index (χ0v) is 23.4. The third kappa shape index (κ3) is 7.16. The van der Waals surface area contributed by atoms with Gasteiger partial charge in [-0.15, -0.1) is 0 Å². The zero-order valence-electron chi connectivity index (χ0n) is 20.2. The molecule has 5 nitrogen and oxygen atoms in total. The lowest BCUT2D eigenvalue weighted by Gasteiger charge is -2.20. The molecule has 1 heterocycles. The van der Waals surface area contributed by atoms with Crippen molar-refractivity contribution in [1.82, 2.24) is 9.29 Å². The van der Waals surface area contributed by atoms with Crippen LogP contribution in [0.4, 0.5) is 13.2 Å². The smallest absolute Gasteiger partial charge is 0.416 e. The second-order valence-electron chi connectivity index (χ2n) is 7.98. The van der Waals surface area contributed by atoms with Crippen molar-refractivity contribution in [3.8, 4) is 17.0 Å². The van der Waals surface area contributed by atoms with Gasteiger partial charge in [0.15, 0.2) is 0 Å². The van der Waals surface area contributed by atoms with Crippen molar-refractivity contribution in [3.63, 3.8) is 0 Å². The molecule has 1 aromatic heterocycles. The number of alkyl halides is 3. The largest absolute Gasteiger partial charge is 0.497 e. The molecule has 0 amide bonds. The minimum Gasteiger partial charge on any atom is -0.497 e. The monoisotopic (exact) mass is 618 g/mol. The Morgan fingerprint density at radius 2 is 1.87 bits per heavy atom. The molecule has 0 saturated heterocycles. The molecule has 0 aliphatic rings. The second kappa shape index (κ2) is 12.8. The van der Waals surface area contributed by atoms with E-state index in [-0.39, 0.29) is 0 Å². The number of hydrogen-bond donors (Lipinski definition) is 0. The van der Waals surface area contributed by atoms with Crippen molar-refractivity contribution < 1.29 is 17.9 Å². The number of hydrogen-bond acceptors (Lipinski definition) is 6. The number of halogens is 4. The van der Waals surface area contributed by atoms with Crippen molar-refractivity contribution in [2.75, 3.05) is 13.0 Å². The SMILES string of the molecule is C=N/C=N\SCN(Cc1ccc(OC)cc1)Sc1ccc2c(-c3ccc(C(F)(F)F)cc3Br)nccc2c1. The predicted molar refractivity (Wildman–Crippen MR) is 155 cm³/mol. The van der Waals surface area contributed by atoms with Crippen LogP contribution in [-0.4, -0.2) is 35.3 Å². The minimum atomic E-state index is -4.41. The molecule has 0 spiro atoms. The number of benzene rings is 3. The Morgan fingerprint density at radius 1 is 1.08 bits per heavy atom. The van der Waals surface area contributed by atoms with E-state index in [1.165, 1.54) is 24.4 Å². The van der Waals surface area contributed by atoms with Crippen LogP contribution >= 0.6 is 39.8 Å². The first-order valence-corrected chi connectivity index (χ1v) is 13.7. The van der Waals surface area contributed by atoms with Crippen molar-refractivity contribution in [2.45, 2.75) is 17.6 Å². The summed E-state index contributed by atoms with van der Waals surface area (Å²) in [6.07, 6.45) is -1.34. The van der Waals surface area contributed by atoms with Crippen LogP contribution in [0.1, 0.15) is 11.1 Å². The summed E-state index contributed by atoms with van der Waals surface area (Å²) in [5, 5.41) is 1.77. The van der Waals surface area contributed by atoms with Crippen LogP contribution in [0.15, 0.2) is 91.7 Å². The van der Waals surface area contributed by atoms with Crippen molar-refractivity contribution in [2.24, 2.45) is 9.39 Å². The lowest BCUT2D eigenvalue weighted by Crippen LogP contribution is -2.14. The van der Waals surface area contributed by atoms with Crippen LogP contribution < -0.4 is 4.74 Å². The van der Waals surface area contributed by atoms with E-state index in [2.05, 4.69) is 41.3 Å². The molecule has 3 aromatic carbocycles. The number of pyridine rings is 1. The van der Waals surface area contributed by atoms with Gasteiger partial charge in [-0.05, 0) is 84.0 Å². The Hall–Kier alpha value is -2.86. The van der Waals surface area contributed by atoms with Crippen molar-refractivity contribution >= 4 is 63.7 Å². The maximum Gasteiger partial charge on any atom is 0.416 e. The molecule has 0 unspecified atom stereocenters. The van der Waals surface area contributed by atoms with Crippen molar-refractivity contribution in [3.05, 3.63) is 88.5 Å². The average molecular weight is 620 g/mol. The molecule has 0 aliphatic carbocycles. The van der Waals surface area contributed by atoms with Crippen molar-refractivity contribution in [1.29, 1.82) is 0 Å². The first-order chi connectivity index (χ1) is 18.3. The van der Waals surface area contributed by atoms with Crippen LogP contribution in [0.2, 0.25) is 0 Å². The fourth-order valence-corrected chi connectivity index (χ4v) is 5.82. The Balaban J connectivity index is 1.60. The van der Waals surface area contributed by atoms with E-state index in [4.69, 9.17) is 4.74 Å². The lowest BCUT2D eigenvalue weighted by atomic mass is 10.0. The summed E-state index contributed by atoms with van der Waals surface area (Å²) in [4.78, 5) is 9.12. The van der Waals surface area contributed by atoms with E-state index < -0.39 is 11.7 Å². The van der Waals surface area contributed by atoms with Gasteiger partial charge in [0.2, 0.25) is 0 Å². The van der Waals surface area contributed by atoms with Gasteiger partial charge >= 0.3 is 6.18 Å². The fourth-order valence-electron chi connectivity index (χ4n) is 3.66. The van der Waals surface area contributed by atoms with Gasteiger partial charge in [0, 0.05) is 33.1 Å². The second-order valence-corrected chi connectivity index (χ2v) is 10.7. The highest BCUT2D eigenvalue weighted by Crippen LogP contribution is 2.38. The summed E-state index contributed by atoms with van der Waals surface area (Å²) >= 11 is 6.24. The zero-order chi connectivity index (χ0) is 27.1. The topological polar surface area (TPSA) is 50.1 Å². The molecular formula is C27H22BrF3N4OS2. The molecule has 11 heteroatoms. The predicted octanol–water partition coefficient (Wildman–Crippen LogP) is 8.54. The minimum absolute atomic E-state index is 0.336. The van der Waals surface area contributed by atoms with Gasteiger partial charge in [0.05, 0.1) is 24.2 Å². The number of rotatable bonds is 10. The highest BCUT2D eigenvalue weighted by Gasteiger charge is 2.31. The summed E-state index contributed by atoms with van der Waals surface area (Å²) in [6, 6.07) is 19.4. The molecule has 0 bridgehead atoms. The highest BCUT2D eigenvalue weighted by atomic mass is 79.9. The fraction of sp³-hybridized carbons (Fsp3) is 0.148. The molecule has 0 fully saturated rings. The van der Waals surface area contributed by atoms with E-state index >= 15 is 0 Å². The Bertz CT molecular complexity index is 1450. The molecule has 0 radical (unpaired) electrons. The third-order valence-corrected chi connectivity index (χ3v) is 7.92. The molecule has 4 rings (SSSR count). The summed E-state index contributed by atoms with van der Waals surface area (Å²) in [7, 11) is 1.64. The van der Waals surface area contributed by atoms with E-state index in [1.54, 1.807) is 25.3 Å². The van der Waals surface area contributed by atoms with Gasteiger partial charge in [0.1, 0.15) is 12.1 Å². The van der Waals surface area contributed by atoms with E-state index in [0.717, 1.165) is 39.1 Å². The van der Waals surface area contributed by atoms with E-state index in [9.17, 15) is 13.2 Å². The molecular weight excluding hydrogens is 597 g/mol. The number of aliphatic imine (C=N–C) groups is 1. The molecule has 38 heavy (non-hydrogen) atoms. The molecule has 0 saturated carbocycles. The van der Waals surface area contributed by atoms with Gasteiger partial charge in [0.25, 0.3) is 0 Å². The molecule has 0 aliphatic heterocycles. The van der Waals surface area contributed by atoms with Crippen LogP contribution in [0.5, 0.6) is 5.75 Å². The average Bonchev–Trinajstić information content (AvgIpc) is 2.90. The number of fused-ring (bicyclic) bond motifs is 1. The molecule has 196 valence electrons. The number of aromatic nitrogens is 1. The van der Waals surface area contributed by atoms with Gasteiger partial charge < -0.3 is 4.74 Å². The standard InChI is InChI=1S/C27H22BrF3N4OS2/c1-32-16-34-37-17-35(15-18-3-6-21(36-2)7-4-18)38-22-8-10-23-19(13-22)11-12-33-26(23)24-9-5-20(14-25(24)28)27(29,30)31/h3-14,16H,1,15,17H2,2H3/b34-16-. The van der Waals surface area contributed by atoms with E-state index in [0.29, 0.717) is 28.2 Å². The van der Waals surface area contributed by atoms with Gasteiger partial charge in [-0.3, -0.25) is 9.98 Å². The van der Waals surface area contributed by atoms with Gasteiger partial charge in [-0.1, -0.05) is 40.2 Å². The molecule has 0 atom stereocenters. The number of ether oxygens (including phenoxy) is 1. The Kier molecular flexibility index (Phi) is 9.48. The Labute approximate surface area is 235 Å². The first kappa shape index (κ1) is 28.2. The lowest BCUT2D eigenvalue weighted by molar-refractivity contribution is -0.137. The Morgan fingerprint density at radius 3 is 2.55 bits per heavy atom. The van der Waals surface area contributed by atoms with Crippen LogP contribution in [-0.2, 0) is 12.7 Å². The maximum atomic E-state index is 13.1. The summed E-state index contributed by atoms with van der Waals surface area (Å²) < 4.78 is 51.3. The summed E-state index contributed by atoms with van der Waals surface area (Å²) in [5.41, 5.74) is 1.60. The molecule has 0 N–H and O–H groups in total. The maximum absolute atomic E-state index is 13.1. The number of nitrogens with zero attached hydrogens (tertiary/aromatic N) is 4. The van der Waals surface area contributed by atoms with Gasteiger partial charge in [-0.25, -0.2) is 8.70 Å². The van der Waals surface area contributed by atoms with E-state index in [1.807, 2.05) is 48.5 Å². The van der Waals surface area contributed by atoms with Crippen LogP contribution in [0.25, 0.3) is 22.0 Å². The van der Waals surface area contributed by atoms with Crippen LogP contribution in [0, 0.1) is 0 Å². The normalized spacial score (nSPS) is 11.9. The summed E-state index contributed by atoms with van der Waals surface area (Å²) in [6.45, 7) is 4.07. The molecule has 4 aromatic rings. The first-order valence-electron chi connectivity index (χ1n) is 11.2. The quantitative estimate of drug-likeness (QED) is 0.0771. The highest BCUT2D eigenvalue weighted by molar-refractivity contribution is 9.10. The van der Waals surface area contributed by atoms with Gasteiger partial charge in [-0.2, -0.15) is 13.2 Å². The number of methoxy groups -OCH3 is 1. The summed E-state index contributed by atoms with van der Waals surface area (Å²) in [5.74, 6) is 1.39.